The number of ether oxygens (including phenoxy) is 5. The minimum absolute atomic E-state index is 0.0435. The van der Waals surface area contributed by atoms with Gasteiger partial charge in [0.05, 0.1) is 45.4 Å². The second-order valence-electron chi connectivity index (χ2n) is 10.5. The Morgan fingerprint density at radius 2 is 1.43 bits per heavy atom. The average Bonchev–Trinajstić information content (AvgIpc) is 3.35. The molecule has 5 rings (SSSR count). The first-order valence-corrected chi connectivity index (χ1v) is 14.9. The molecule has 0 fully saturated rings. The van der Waals surface area contributed by atoms with Crippen LogP contribution >= 0.6 is 11.6 Å². The molecule has 0 amide bonds. The quantitative estimate of drug-likeness (QED) is 0.124. The van der Waals surface area contributed by atoms with Crippen molar-refractivity contribution >= 4 is 40.3 Å². The fourth-order valence-electron chi connectivity index (χ4n) is 5.18. The molecule has 0 atom stereocenters. The molecule has 0 saturated carbocycles. The number of carbonyl (C=O) groups is 3. The van der Waals surface area contributed by atoms with Gasteiger partial charge in [-0.15, -0.1) is 0 Å². The number of phenolic OH excluding ortho intramolecular Hbond substituents is 1. The van der Waals surface area contributed by atoms with Gasteiger partial charge >= 0.3 is 11.9 Å². The van der Waals surface area contributed by atoms with Crippen molar-refractivity contribution in [2.75, 3.05) is 27.9 Å². The van der Waals surface area contributed by atoms with E-state index in [1.807, 2.05) is 0 Å². The number of esters is 2. The zero-order chi connectivity index (χ0) is 33.7. The highest BCUT2D eigenvalue weighted by Crippen LogP contribution is 2.37. The lowest BCUT2D eigenvalue weighted by molar-refractivity contribution is -0.142. The first kappa shape index (κ1) is 32.9. The van der Waals surface area contributed by atoms with Gasteiger partial charge in [-0.3, -0.25) is 14.2 Å². The summed E-state index contributed by atoms with van der Waals surface area (Å²) in [5.74, 6) is -0.515. The van der Waals surface area contributed by atoms with Gasteiger partial charge in [-0.05, 0) is 84.8 Å². The number of aromatic hydroxyl groups is 1. The van der Waals surface area contributed by atoms with E-state index in [1.54, 1.807) is 85.3 Å². The first-order chi connectivity index (χ1) is 22.6. The molecule has 0 spiro atoms. The van der Waals surface area contributed by atoms with Crippen molar-refractivity contribution in [2.24, 2.45) is 0 Å². The van der Waals surface area contributed by atoms with Gasteiger partial charge in [-0.1, -0.05) is 23.7 Å². The van der Waals surface area contributed by atoms with Crippen LogP contribution in [-0.4, -0.2) is 55.5 Å². The van der Waals surface area contributed by atoms with Gasteiger partial charge < -0.3 is 28.8 Å². The van der Waals surface area contributed by atoms with Gasteiger partial charge in [0.2, 0.25) is 5.75 Å². The molecule has 0 radical (unpaired) electrons. The normalized spacial score (nSPS) is 10.8. The Morgan fingerprint density at radius 1 is 0.787 bits per heavy atom. The SMILES string of the molecule is COc1ccc2c(c1)c(CC(=O)OCCc1ccc(OC(=O)c3cc(OC)c(O)c(OC)c3)cc1)c(C)n2C(=O)c1ccc(Cl)cc1. The lowest BCUT2D eigenvalue weighted by Crippen LogP contribution is -2.15. The standard InChI is InChI=1S/C36H32ClNO9/c1-21-28(29-19-27(43-2)13-14-30(29)38(21)35(41)23-7-9-25(37)10-8-23)20-33(39)46-16-15-22-5-11-26(12-6-22)47-36(42)24-17-31(44-3)34(40)32(18-24)45-4/h5-14,17-19,40H,15-16,20H2,1-4H3. The van der Waals surface area contributed by atoms with Crippen molar-refractivity contribution in [2.45, 2.75) is 19.8 Å². The van der Waals surface area contributed by atoms with Crippen molar-refractivity contribution < 1.29 is 43.2 Å². The summed E-state index contributed by atoms with van der Waals surface area (Å²) in [6.45, 7) is 1.92. The van der Waals surface area contributed by atoms with E-state index in [2.05, 4.69) is 0 Å². The second kappa shape index (κ2) is 14.3. The molecular formula is C36H32ClNO9. The maximum Gasteiger partial charge on any atom is 0.343 e. The molecule has 1 heterocycles. The van der Waals surface area contributed by atoms with Crippen LogP contribution in [0.5, 0.6) is 28.7 Å². The number of nitrogens with zero attached hydrogens (tertiary/aromatic N) is 1. The summed E-state index contributed by atoms with van der Waals surface area (Å²) in [6, 6.07) is 21.5. The van der Waals surface area contributed by atoms with Crippen LogP contribution in [0.25, 0.3) is 10.9 Å². The average molecular weight is 658 g/mol. The molecule has 0 saturated heterocycles. The highest BCUT2D eigenvalue weighted by atomic mass is 35.5. The Hall–Kier alpha value is -5.48. The summed E-state index contributed by atoms with van der Waals surface area (Å²) in [6.07, 6.45) is 0.383. The summed E-state index contributed by atoms with van der Waals surface area (Å²) in [5.41, 5.74) is 3.40. The molecule has 0 unspecified atom stereocenters. The van der Waals surface area contributed by atoms with Crippen LogP contribution in [0.4, 0.5) is 0 Å². The minimum Gasteiger partial charge on any atom is -0.502 e. The number of benzene rings is 4. The smallest absolute Gasteiger partial charge is 0.343 e. The Labute approximate surface area is 276 Å². The fourth-order valence-corrected chi connectivity index (χ4v) is 5.30. The number of halogens is 1. The maximum atomic E-state index is 13.5. The van der Waals surface area contributed by atoms with E-state index in [1.165, 1.54) is 26.4 Å². The summed E-state index contributed by atoms with van der Waals surface area (Å²) in [5, 5.41) is 11.3. The van der Waals surface area contributed by atoms with Gasteiger partial charge in [0.15, 0.2) is 11.5 Å². The number of fused-ring (bicyclic) bond motifs is 1. The largest absolute Gasteiger partial charge is 0.502 e. The third-order valence-corrected chi connectivity index (χ3v) is 7.91. The number of phenols is 1. The predicted molar refractivity (Wildman–Crippen MR) is 175 cm³/mol. The van der Waals surface area contributed by atoms with Crippen LogP contribution in [0.3, 0.4) is 0 Å². The monoisotopic (exact) mass is 657 g/mol. The summed E-state index contributed by atoms with van der Waals surface area (Å²) in [4.78, 5) is 39.2. The van der Waals surface area contributed by atoms with E-state index in [9.17, 15) is 19.5 Å². The molecule has 1 N–H and O–H groups in total. The molecule has 0 bridgehead atoms. The van der Waals surface area contributed by atoms with E-state index in [4.69, 9.17) is 35.3 Å². The van der Waals surface area contributed by atoms with Gasteiger partial charge in [-0.2, -0.15) is 0 Å². The summed E-state index contributed by atoms with van der Waals surface area (Å²) >= 11 is 6.02. The van der Waals surface area contributed by atoms with E-state index >= 15 is 0 Å². The van der Waals surface area contributed by atoms with E-state index in [0.29, 0.717) is 45.3 Å². The topological polar surface area (TPSA) is 123 Å². The molecule has 242 valence electrons. The summed E-state index contributed by atoms with van der Waals surface area (Å²) in [7, 11) is 4.28. The van der Waals surface area contributed by atoms with Gasteiger partial charge in [0.25, 0.3) is 5.91 Å². The number of methoxy groups -OCH3 is 3. The van der Waals surface area contributed by atoms with Crippen molar-refractivity contribution in [3.63, 3.8) is 0 Å². The number of carbonyl (C=O) groups excluding carboxylic acids is 3. The van der Waals surface area contributed by atoms with Crippen molar-refractivity contribution in [3.05, 3.63) is 112 Å². The van der Waals surface area contributed by atoms with Gasteiger partial charge in [-0.25, -0.2) is 4.79 Å². The van der Waals surface area contributed by atoms with E-state index in [0.717, 1.165) is 10.9 Å². The Bertz CT molecular complexity index is 1920. The Kier molecular flexibility index (Phi) is 10.0. The molecule has 0 aliphatic rings. The molecule has 4 aromatic carbocycles. The lowest BCUT2D eigenvalue weighted by atomic mass is 10.1. The predicted octanol–water partition coefficient (Wildman–Crippen LogP) is 6.57. The number of aromatic nitrogens is 1. The number of rotatable bonds is 11. The molecule has 10 nitrogen and oxygen atoms in total. The van der Waals surface area contributed by atoms with Gasteiger partial charge in [0.1, 0.15) is 11.5 Å². The molecule has 0 aliphatic carbocycles. The third kappa shape index (κ3) is 7.18. The van der Waals surface area contributed by atoms with Crippen LogP contribution in [0.2, 0.25) is 5.02 Å². The van der Waals surface area contributed by atoms with Crippen LogP contribution in [-0.2, 0) is 22.4 Å². The molecule has 1 aromatic heterocycles. The van der Waals surface area contributed by atoms with Crippen LogP contribution in [0.15, 0.2) is 78.9 Å². The van der Waals surface area contributed by atoms with Crippen LogP contribution in [0, 0.1) is 6.92 Å². The zero-order valence-electron chi connectivity index (χ0n) is 26.2. The zero-order valence-corrected chi connectivity index (χ0v) is 26.9. The number of hydrogen-bond acceptors (Lipinski definition) is 9. The molecular weight excluding hydrogens is 626 g/mol. The summed E-state index contributed by atoms with van der Waals surface area (Å²) < 4.78 is 28.2. The number of hydrogen-bond donors (Lipinski definition) is 1. The lowest BCUT2D eigenvalue weighted by Gasteiger charge is -2.11. The molecule has 0 aliphatic heterocycles. The minimum atomic E-state index is -0.660. The molecule has 11 heteroatoms. The Balaban J connectivity index is 1.23. The van der Waals surface area contributed by atoms with Crippen molar-refractivity contribution in [1.82, 2.24) is 4.57 Å². The van der Waals surface area contributed by atoms with E-state index in [-0.39, 0.29) is 41.7 Å². The van der Waals surface area contributed by atoms with Crippen molar-refractivity contribution in [3.8, 4) is 28.7 Å². The fraction of sp³-hybridized carbons (Fsp3) is 0.194. The van der Waals surface area contributed by atoms with Gasteiger partial charge in [0, 0.05) is 28.1 Å². The highest BCUT2D eigenvalue weighted by Gasteiger charge is 2.23. The maximum absolute atomic E-state index is 13.5. The molecule has 47 heavy (non-hydrogen) atoms. The third-order valence-electron chi connectivity index (χ3n) is 7.66. The van der Waals surface area contributed by atoms with Crippen LogP contribution < -0.4 is 18.9 Å². The highest BCUT2D eigenvalue weighted by molar-refractivity contribution is 6.30. The van der Waals surface area contributed by atoms with Crippen LogP contribution in [0.1, 0.15) is 37.5 Å². The van der Waals surface area contributed by atoms with Crippen molar-refractivity contribution in [1.29, 1.82) is 0 Å². The molecule has 5 aromatic rings. The van der Waals surface area contributed by atoms with E-state index < -0.39 is 11.9 Å². The second-order valence-corrected chi connectivity index (χ2v) is 10.9. The Morgan fingerprint density at radius 3 is 2.04 bits per heavy atom. The first-order valence-electron chi connectivity index (χ1n) is 14.5.